The summed E-state index contributed by atoms with van der Waals surface area (Å²) in [5.74, 6) is 2.15. The zero-order valence-electron chi connectivity index (χ0n) is 10.00. The van der Waals surface area contributed by atoms with Gasteiger partial charge >= 0.3 is 0 Å². The number of nitrogens with one attached hydrogen (secondary N) is 2. The second-order valence-corrected chi connectivity index (χ2v) is 6.42. The van der Waals surface area contributed by atoms with Crippen molar-refractivity contribution in [3.63, 3.8) is 0 Å². The Balaban J connectivity index is 1.70. The summed E-state index contributed by atoms with van der Waals surface area (Å²) < 4.78 is 0. The van der Waals surface area contributed by atoms with Crippen molar-refractivity contribution >= 4 is 17.7 Å². The molecule has 3 nitrogen and oxygen atoms in total. The minimum absolute atomic E-state index is 0.0511. The standard InChI is InChI=1S/C12H22N2OS/c1-9-4-5-13-11(7-9)12(15)14-8-10-3-2-6-16-10/h9-11,13H,2-8H2,1H3,(H,14,15). The maximum atomic E-state index is 11.9. The molecule has 0 aliphatic carbocycles. The first-order chi connectivity index (χ1) is 7.75. The number of amides is 1. The van der Waals surface area contributed by atoms with E-state index in [1.165, 1.54) is 25.0 Å². The van der Waals surface area contributed by atoms with Crippen molar-refractivity contribution in [2.75, 3.05) is 18.8 Å². The van der Waals surface area contributed by atoms with Crippen LogP contribution in [0, 0.1) is 5.92 Å². The molecule has 2 saturated heterocycles. The van der Waals surface area contributed by atoms with Crippen LogP contribution in [0.5, 0.6) is 0 Å². The van der Waals surface area contributed by atoms with Crippen LogP contribution < -0.4 is 10.6 Å². The van der Waals surface area contributed by atoms with Gasteiger partial charge in [-0.3, -0.25) is 4.79 Å². The van der Waals surface area contributed by atoms with Crippen LogP contribution in [0.25, 0.3) is 0 Å². The number of carbonyl (C=O) groups is 1. The van der Waals surface area contributed by atoms with E-state index in [1.807, 2.05) is 11.8 Å². The molecule has 2 aliphatic rings. The molecule has 3 unspecified atom stereocenters. The van der Waals surface area contributed by atoms with E-state index in [1.54, 1.807) is 0 Å². The van der Waals surface area contributed by atoms with Crippen LogP contribution in [0.4, 0.5) is 0 Å². The van der Waals surface area contributed by atoms with E-state index >= 15 is 0 Å². The van der Waals surface area contributed by atoms with E-state index in [0.717, 1.165) is 19.5 Å². The second-order valence-electron chi connectivity index (χ2n) is 5.02. The summed E-state index contributed by atoms with van der Waals surface area (Å²) in [5.41, 5.74) is 0. The molecule has 2 aliphatic heterocycles. The van der Waals surface area contributed by atoms with Crippen molar-refractivity contribution < 1.29 is 4.79 Å². The molecule has 0 bridgehead atoms. The number of thioether (sulfide) groups is 1. The summed E-state index contributed by atoms with van der Waals surface area (Å²) in [6.07, 6.45) is 4.76. The Morgan fingerprint density at radius 2 is 2.38 bits per heavy atom. The molecule has 0 aromatic rings. The van der Waals surface area contributed by atoms with Crippen molar-refractivity contribution in [2.24, 2.45) is 5.92 Å². The quantitative estimate of drug-likeness (QED) is 0.786. The molecule has 3 atom stereocenters. The molecular weight excluding hydrogens is 220 g/mol. The summed E-state index contributed by atoms with van der Waals surface area (Å²) in [4.78, 5) is 11.9. The van der Waals surface area contributed by atoms with Gasteiger partial charge in [0.15, 0.2) is 0 Å². The lowest BCUT2D eigenvalue weighted by Crippen LogP contribution is -2.49. The summed E-state index contributed by atoms with van der Waals surface area (Å²) in [6.45, 7) is 4.07. The minimum Gasteiger partial charge on any atom is -0.354 e. The smallest absolute Gasteiger partial charge is 0.237 e. The van der Waals surface area contributed by atoms with Crippen molar-refractivity contribution in [3.8, 4) is 0 Å². The molecule has 16 heavy (non-hydrogen) atoms. The van der Waals surface area contributed by atoms with Crippen molar-refractivity contribution in [1.29, 1.82) is 0 Å². The predicted molar refractivity (Wildman–Crippen MR) is 68.7 cm³/mol. The van der Waals surface area contributed by atoms with Crippen molar-refractivity contribution in [3.05, 3.63) is 0 Å². The van der Waals surface area contributed by atoms with E-state index in [9.17, 15) is 4.79 Å². The number of piperidine rings is 1. The van der Waals surface area contributed by atoms with Gasteiger partial charge in [-0.1, -0.05) is 6.92 Å². The Morgan fingerprint density at radius 1 is 1.50 bits per heavy atom. The highest BCUT2D eigenvalue weighted by atomic mass is 32.2. The number of carbonyl (C=O) groups excluding carboxylic acids is 1. The van der Waals surface area contributed by atoms with Crippen LogP contribution >= 0.6 is 11.8 Å². The maximum absolute atomic E-state index is 11.9. The van der Waals surface area contributed by atoms with Gasteiger partial charge in [0.1, 0.15) is 0 Å². The Labute approximate surface area is 102 Å². The molecule has 2 heterocycles. The topological polar surface area (TPSA) is 41.1 Å². The maximum Gasteiger partial charge on any atom is 0.237 e. The minimum atomic E-state index is 0.0511. The van der Waals surface area contributed by atoms with Crippen LogP contribution in [0.15, 0.2) is 0 Å². The lowest BCUT2D eigenvalue weighted by atomic mass is 9.94. The third-order valence-corrected chi connectivity index (χ3v) is 4.91. The second kappa shape index (κ2) is 5.92. The van der Waals surface area contributed by atoms with Crippen molar-refractivity contribution in [2.45, 2.75) is 43.9 Å². The first kappa shape index (κ1) is 12.2. The Kier molecular flexibility index (Phi) is 4.53. The van der Waals surface area contributed by atoms with Gasteiger partial charge in [0.05, 0.1) is 6.04 Å². The molecule has 0 aromatic carbocycles. The van der Waals surface area contributed by atoms with Gasteiger partial charge in [0, 0.05) is 11.8 Å². The van der Waals surface area contributed by atoms with Gasteiger partial charge in [0.25, 0.3) is 0 Å². The summed E-state index contributed by atoms with van der Waals surface area (Å²) in [6, 6.07) is 0.0511. The Hall–Kier alpha value is -0.220. The fourth-order valence-corrected chi connectivity index (χ4v) is 3.65. The van der Waals surface area contributed by atoms with Gasteiger partial charge in [-0.2, -0.15) is 11.8 Å². The Bertz CT molecular complexity index is 241. The molecule has 2 fully saturated rings. The predicted octanol–water partition coefficient (Wildman–Crippen LogP) is 1.39. The third kappa shape index (κ3) is 3.39. The van der Waals surface area contributed by atoms with Gasteiger partial charge in [-0.25, -0.2) is 0 Å². The van der Waals surface area contributed by atoms with E-state index in [0.29, 0.717) is 11.2 Å². The molecule has 0 aromatic heterocycles. The fourth-order valence-electron chi connectivity index (χ4n) is 2.45. The van der Waals surface area contributed by atoms with Gasteiger partial charge in [-0.05, 0) is 43.9 Å². The summed E-state index contributed by atoms with van der Waals surface area (Å²) in [7, 11) is 0. The lowest BCUT2D eigenvalue weighted by molar-refractivity contribution is -0.124. The highest BCUT2D eigenvalue weighted by molar-refractivity contribution is 8.00. The van der Waals surface area contributed by atoms with E-state index < -0.39 is 0 Å². The van der Waals surface area contributed by atoms with Gasteiger partial charge in [-0.15, -0.1) is 0 Å². The number of hydrogen-bond donors (Lipinski definition) is 2. The molecule has 0 radical (unpaired) electrons. The van der Waals surface area contributed by atoms with E-state index in [-0.39, 0.29) is 11.9 Å². The van der Waals surface area contributed by atoms with Crippen LogP contribution in [0.2, 0.25) is 0 Å². The molecule has 4 heteroatoms. The molecule has 0 saturated carbocycles. The SMILES string of the molecule is CC1CCNC(C(=O)NCC2CCCS2)C1. The lowest BCUT2D eigenvalue weighted by Gasteiger charge is -2.27. The summed E-state index contributed by atoms with van der Waals surface area (Å²) >= 11 is 2.00. The van der Waals surface area contributed by atoms with E-state index in [2.05, 4.69) is 17.6 Å². The molecule has 1 amide bonds. The first-order valence-electron chi connectivity index (χ1n) is 6.38. The van der Waals surface area contributed by atoms with Crippen LogP contribution in [-0.2, 0) is 4.79 Å². The highest BCUT2D eigenvalue weighted by Gasteiger charge is 2.25. The highest BCUT2D eigenvalue weighted by Crippen LogP contribution is 2.25. The average molecular weight is 242 g/mol. The molecule has 2 N–H and O–H groups in total. The van der Waals surface area contributed by atoms with Crippen LogP contribution in [0.3, 0.4) is 0 Å². The van der Waals surface area contributed by atoms with Crippen molar-refractivity contribution in [1.82, 2.24) is 10.6 Å². The average Bonchev–Trinajstić information content (AvgIpc) is 2.78. The monoisotopic (exact) mass is 242 g/mol. The molecule has 0 spiro atoms. The van der Waals surface area contributed by atoms with E-state index in [4.69, 9.17) is 0 Å². The van der Waals surface area contributed by atoms with Gasteiger partial charge < -0.3 is 10.6 Å². The normalized spacial score (nSPS) is 34.9. The third-order valence-electron chi connectivity index (χ3n) is 3.51. The van der Waals surface area contributed by atoms with Gasteiger partial charge in [0.2, 0.25) is 5.91 Å². The fraction of sp³-hybridized carbons (Fsp3) is 0.917. The molecular formula is C12H22N2OS. The zero-order valence-corrected chi connectivity index (χ0v) is 10.8. The molecule has 2 rings (SSSR count). The van der Waals surface area contributed by atoms with Crippen LogP contribution in [0.1, 0.15) is 32.6 Å². The molecule has 92 valence electrons. The largest absolute Gasteiger partial charge is 0.354 e. The summed E-state index contributed by atoms with van der Waals surface area (Å²) in [5, 5.41) is 7.06. The number of hydrogen-bond acceptors (Lipinski definition) is 3. The zero-order chi connectivity index (χ0) is 11.4. The number of rotatable bonds is 3. The van der Waals surface area contributed by atoms with Crippen LogP contribution in [-0.4, -0.2) is 36.0 Å². The first-order valence-corrected chi connectivity index (χ1v) is 7.43. The Morgan fingerprint density at radius 3 is 3.06 bits per heavy atom.